The molecule has 0 bridgehead atoms. The molecule has 0 amide bonds. The van der Waals surface area contributed by atoms with Gasteiger partial charge in [0.25, 0.3) is 0 Å². The molecule has 62 heavy (non-hydrogen) atoms. The van der Waals surface area contributed by atoms with E-state index in [0.717, 1.165) is 58.1 Å². The monoisotopic (exact) mass is 798 g/mol. The maximum atomic E-state index is 2.33. The van der Waals surface area contributed by atoms with E-state index in [1.54, 1.807) is 0 Å². The van der Waals surface area contributed by atoms with Crippen molar-refractivity contribution < 1.29 is 0 Å². The van der Waals surface area contributed by atoms with Gasteiger partial charge in [-0.15, -0.1) is 0 Å². The largest absolute Gasteiger partial charge is 0.311 e. The van der Waals surface area contributed by atoms with Crippen molar-refractivity contribution in [2.75, 3.05) is 9.80 Å². The van der Waals surface area contributed by atoms with Gasteiger partial charge in [0.05, 0.1) is 0 Å². The Hall–Kier alpha value is -7.68. The Morgan fingerprint density at radius 1 is 0.371 bits per heavy atom. The second-order valence-electron chi connectivity index (χ2n) is 15.6. The fourth-order valence-electron chi connectivity index (χ4n) is 8.34. The summed E-state index contributed by atoms with van der Waals surface area (Å²) >= 11 is 0. The van der Waals surface area contributed by atoms with Gasteiger partial charge in [-0.1, -0.05) is 170 Å². The molecule has 0 aromatic heterocycles. The average Bonchev–Trinajstić information content (AvgIpc) is 3.35. The molecule has 2 heteroatoms. The number of benzene rings is 8. The van der Waals surface area contributed by atoms with Crippen molar-refractivity contribution >= 4 is 45.3 Å². The van der Waals surface area contributed by atoms with E-state index >= 15 is 0 Å². The molecule has 9 rings (SSSR count). The van der Waals surface area contributed by atoms with Gasteiger partial charge in [-0.2, -0.15) is 0 Å². The van der Waals surface area contributed by atoms with Gasteiger partial charge < -0.3 is 9.80 Å². The van der Waals surface area contributed by atoms with E-state index in [0.29, 0.717) is 0 Å². The summed E-state index contributed by atoms with van der Waals surface area (Å²) in [5.74, 6) is 0. The van der Waals surface area contributed by atoms with Crippen molar-refractivity contribution in [2.24, 2.45) is 0 Å². The first kappa shape index (κ1) is 39.8. The number of nitrogens with zero attached hydrogens (tertiary/aromatic N) is 2. The summed E-state index contributed by atoms with van der Waals surface area (Å²) in [6.07, 6.45) is 15.5. The highest BCUT2D eigenvalue weighted by atomic mass is 15.1. The van der Waals surface area contributed by atoms with Gasteiger partial charge in [0, 0.05) is 34.1 Å². The van der Waals surface area contributed by atoms with Crippen LogP contribution in [0.3, 0.4) is 0 Å². The Morgan fingerprint density at radius 3 is 1.11 bits per heavy atom. The highest BCUT2D eigenvalue weighted by Gasteiger charge is 2.16. The van der Waals surface area contributed by atoms with Crippen molar-refractivity contribution in [3.05, 3.63) is 254 Å². The van der Waals surface area contributed by atoms with E-state index in [9.17, 15) is 0 Å². The van der Waals surface area contributed by atoms with Crippen LogP contribution in [0.1, 0.15) is 37.8 Å². The highest BCUT2D eigenvalue weighted by molar-refractivity contribution is 5.84. The van der Waals surface area contributed by atoms with Gasteiger partial charge in [-0.3, -0.25) is 0 Å². The summed E-state index contributed by atoms with van der Waals surface area (Å²) in [5, 5.41) is 0. The van der Waals surface area contributed by atoms with Crippen molar-refractivity contribution in [1.29, 1.82) is 0 Å². The van der Waals surface area contributed by atoms with E-state index in [4.69, 9.17) is 0 Å². The van der Waals surface area contributed by atoms with Crippen LogP contribution >= 0.6 is 0 Å². The molecule has 0 N–H and O–H groups in total. The normalized spacial score (nSPS) is 12.6. The second kappa shape index (κ2) is 18.7. The Balaban J connectivity index is 0.984. The molecule has 0 spiro atoms. The lowest BCUT2D eigenvalue weighted by Gasteiger charge is -2.26. The topological polar surface area (TPSA) is 6.48 Å². The molecule has 0 fully saturated rings. The van der Waals surface area contributed by atoms with Gasteiger partial charge in [-0.05, 0) is 155 Å². The Bertz CT molecular complexity index is 2830. The Labute approximate surface area is 367 Å². The van der Waals surface area contributed by atoms with Crippen LogP contribution in [-0.2, 0) is 0 Å². The summed E-state index contributed by atoms with van der Waals surface area (Å²) in [6.45, 7) is 4.15. The van der Waals surface area contributed by atoms with Gasteiger partial charge >= 0.3 is 0 Å². The molecule has 0 aliphatic heterocycles. The molecular formula is C60H50N2. The van der Waals surface area contributed by atoms with E-state index < -0.39 is 0 Å². The van der Waals surface area contributed by atoms with Crippen LogP contribution < -0.4 is 9.80 Å². The number of rotatable bonds is 12. The predicted octanol–water partition coefficient (Wildman–Crippen LogP) is 17.3. The molecule has 8 aromatic carbocycles. The molecule has 0 heterocycles. The molecular weight excluding hydrogens is 749 g/mol. The molecule has 8 aromatic rings. The van der Waals surface area contributed by atoms with Crippen molar-refractivity contribution in [2.45, 2.75) is 26.7 Å². The van der Waals surface area contributed by atoms with E-state index in [1.165, 1.54) is 44.5 Å². The van der Waals surface area contributed by atoms with E-state index in [-0.39, 0.29) is 0 Å². The van der Waals surface area contributed by atoms with Crippen LogP contribution in [-0.4, -0.2) is 0 Å². The fraction of sp³-hybridized carbons (Fsp3) is 0.0667. The van der Waals surface area contributed by atoms with Gasteiger partial charge in [-0.25, -0.2) is 0 Å². The van der Waals surface area contributed by atoms with E-state index in [1.807, 2.05) is 0 Å². The molecule has 0 saturated heterocycles. The third-order valence-corrected chi connectivity index (χ3v) is 11.6. The van der Waals surface area contributed by atoms with Crippen molar-refractivity contribution in [1.82, 2.24) is 0 Å². The lowest BCUT2D eigenvalue weighted by Crippen LogP contribution is -2.10. The van der Waals surface area contributed by atoms with Crippen LogP contribution in [0.4, 0.5) is 34.1 Å². The van der Waals surface area contributed by atoms with Crippen LogP contribution in [0.25, 0.3) is 44.5 Å². The Morgan fingerprint density at radius 2 is 0.726 bits per heavy atom. The van der Waals surface area contributed by atoms with Gasteiger partial charge in [0.2, 0.25) is 0 Å². The zero-order chi connectivity index (χ0) is 42.1. The lowest BCUT2D eigenvalue weighted by molar-refractivity contribution is 1.04. The maximum Gasteiger partial charge on any atom is 0.0462 e. The van der Waals surface area contributed by atoms with Crippen molar-refractivity contribution in [3.63, 3.8) is 0 Å². The first-order chi connectivity index (χ1) is 30.6. The minimum atomic E-state index is 1.10. The molecule has 0 atom stereocenters. The first-order valence-electron chi connectivity index (χ1n) is 21.6. The summed E-state index contributed by atoms with van der Waals surface area (Å²) in [7, 11) is 0. The van der Waals surface area contributed by atoms with Gasteiger partial charge in [0.15, 0.2) is 0 Å². The Kier molecular flexibility index (Phi) is 12.0. The maximum absolute atomic E-state index is 2.33. The molecule has 300 valence electrons. The zero-order valence-electron chi connectivity index (χ0n) is 35.4. The number of allylic oxidation sites excluding steroid dienone is 8. The summed E-state index contributed by atoms with van der Waals surface area (Å²) in [4.78, 5) is 4.66. The second-order valence-corrected chi connectivity index (χ2v) is 15.6. The quantitative estimate of drug-likeness (QED) is 0.114. The SMILES string of the molecule is CC=CC(=CC)c1ccc(N(c2ccc(-c3ccccc3)cc2)c2ccc(-c3ccc(N(c4ccccc4)c4ccc(-c5ccc(C6=CCCC=C6)cc5)cc4)cc3)cc2)cc1. The molecule has 0 unspecified atom stereocenters. The third-order valence-electron chi connectivity index (χ3n) is 11.6. The number of para-hydroxylation sites is 1. The standard InChI is InChI=1S/C60H50N2/c1-3-14-45(4-2)48-25-35-58(36-26-48)62(59-37-27-51(28-38-59)47-17-10-6-11-18-47)60-43-33-54(34-44-60)53-31-41-57(42-32-53)61(55-19-12-7-13-20-55)56-39-29-52(30-40-56)50-23-21-49(22-24-50)46-15-8-5-9-16-46/h3-4,6-8,10-44H,5,9H2,1-2H3. The molecule has 0 radical (unpaired) electrons. The van der Waals surface area contributed by atoms with Crippen LogP contribution in [0.5, 0.6) is 0 Å². The summed E-state index contributed by atoms with van der Waals surface area (Å²) < 4.78 is 0. The summed E-state index contributed by atoms with van der Waals surface area (Å²) in [5.41, 5.74) is 18.8. The van der Waals surface area contributed by atoms with Crippen LogP contribution in [0, 0.1) is 0 Å². The molecule has 0 saturated carbocycles. The van der Waals surface area contributed by atoms with E-state index in [2.05, 4.69) is 266 Å². The molecule has 1 aliphatic carbocycles. The lowest BCUT2D eigenvalue weighted by atomic mass is 9.97. The van der Waals surface area contributed by atoms with Crippen LogP contribution in [0.15, 0.2) is 243 Å². The highest BCUT2D eigenvalue weighted by Crippen LogP contribution is 2.40. The third kappa shape index (κ3) is 8.77. The summed E-state index contributed by atoms with van der Waals surface area (Å²) in [6, 6.07) is 74.6. The minimum Gasteiger partial charge on any atom is -0.311 e. The van der Waals surface area contributed by atoms with Crippen molar-refractivity contribution in [3.8, 4) is 33.4 Å². The average molecular weight is 799 g/mol. The molecule has 2 nitrogen and oxygen atoms in total. The zero-order valence-corrected chi connectivity index (χ0v) is 35.4. The smallest absolute Gasteiger partial charge is 0.0462 e. The van der Waals surface area contributed by atoms with Crippen LogP contribution in [0.2, 0.25) is 0 Å². The number of hydrogen-bond donors (Lipinski definition) is 0. The predicted molar refractivity (Wildman–Crippen MR) is 267 cm³/mol. The van der Waals surface area contributed by atoms with Gasteiger partial charge in [0.1, 0.15) is 0 Å². The number of hydrogen-bond acceptors (Lipinski definition) is 2. The minimum absolute atomic E-state index is 1.10. The number of anilines is 6. The first-order valence-corrected chi connectivity index (χ1v) is 21.6. The molecule has 1 aliphatic rings. The fourth-order valence-corrected chi connectivity index (χ4v) is 8.34.